The van der Waals surface area contributed by atoms with Crippen LogP contribution in [0.4, 0.5) is 4.79 Å². The van der Waals surface area contributed by atoms with Gasteiger partial charge in [0.1, 0.15) is 18.2 Å². The highest BCUT2D eigenvalue weighted by atomic mass is 35.5. The normalized spacial score (nSPS) is 13.2. The fraction of sp³-hybridized carbons (Fsp3) is 0.812. The zero-order valence-corrected chi connectivity index (χ0v) is 16.2. The van der Waals surface area contributed by atoms with E-state index in [0.29, 0.717) is 0 Å². The fourth-order valence-corrected chi connectivity index (χ4v) is 1.68. The zero-order valence-electron chi connectivity index (χ0n) is 15.4. The molecule has 0 rings (SSSR count). The summed E-state index contributed by atoms with van der Waals surface area (Å²) in [4.78, 5) is 35.8. The lowest BCUT2D eigenvalue weighted by Crippen LogP contribution is -2.48. The molecule has 24 heavy (non-hydrogen) atoms. The summed E-state index contributed by atoms with van der Waals surface area (Å²) in [5.41, 5.74) is -1.72. The summed E-state index contributed by atoms with van der Waals surface area (Å²) >= 11 is 5.35. The lowest BCUT2D eigenvalue weighted by Gasteiger charge is -2.26. The zero-order chi connectivity index (χ0) is 19.1. The first kappa shape index (κ1) is 22.5. The van der Waals surface area contributed by atoms with Gasteiger partial charge in [-0.1, -0.05) is 25.4 Å². The number of nitrogens with one attached hydrogen (secondary N) is 1. The van der Waals surface area contributed by atoms with E-state index in [-0.39, 0.29) is 18.6 Å². The number of rotatable bonds is 7. The average Bonchev–Trinajstić information content (AvgIpc) is 2.40. The van der Waals surface area contributed by atoms with Gasteiger partial charge in [0.25, 0.3) is 0 Å². The van der Waals surface area contributed by atoms with Gasteiger partial charge in [-0.25, -0.2) is 9.59 Å². The molecule has 0 unspecified atom stereocenters. The second-order valence-electron chi connectivity index (χ2n) is 7.40. The molecule has 0 aromatic rings. The van der Waals surface area contributed by atoms with Crippen LogP contribution in [0.2, 0.25) is 0 Å². The average molecular weight is 366 g/mol. The highest BCUT2D eigenvalue weighted by Crippen LogP contribution is 2.19. The molecule has 0 aliphatic rings. The minimum Gasteiger partial charge on any atom is -0.463 e. The summed E-state index contributed by atoms with van der Waals surface area (Å²) in [7, 11) is 0. The Bertz CT molecular complexity index is 456. The first-order valence-electron chi connectivity index (χ1n) is 7.69. The van der Waals surface area contributed by atoms with E-state index in [1.165, 1.54) is 0 Å². The molecule has 140 valence electrons. The van der Waals surface area contributed by atoms with Gasteiger partial charge in [0.05, 0.1) is 5.41 Å². The van der Waals surface area contributed by atoms with Gasteiger partial charge in [-0.2, -0.15) is 0 Å². The molecule has 0 saturated heterocycles. The first-order valence-corrected chi connectivity index (χ1v) is 8.23. The van der Waals surface area contributed by atoms with Crippen LogP contribution in [0.3, 0.4) is 0 Å². The molecule has 0 radical (unpaired) electrons. The molecule has 0 aromatic carbocycles. The van der Waals surface area contributed by atoms with Gasteiger partial charge in [0.2, 0.25) is 0 Å². The highest BCUT2D eigenvalue weighted by molar-refractivity contribution is 6.17. The molecular weight excluding hydrogens is 338 g/mol. The minimum atomic E-state index is -1.04. The Balaban J connectivity index is 4.77. The quantitative estimate of drug-likeness (QED) is 0.424. The Labute approximate surface area is 148 Å². The summed E-state index contributed by atoms with van der Waals surface area (Å²) in [6.45, 7) is 11.6. The van der Waals surface area contributed by atoms with E-state index in [1.54, 1.807) is 48.5 Å². The lowest BCUT2D eigenvalue weighted by atomic mass is 9.95. The smallest absolute Gasteiger partial charge is 0.408 e. The molecular formula is C16H28ClNO6. The third-order valence-corrected chi connectivity index (χ3v) is 3.02. The van der Waals surface area contributed by atoms with Crippen LogP contribution in [0.15, 0.2) is 0 Å². The number of ether oxygens (including phenoxy) is 3. The summed E-state index contributed by atoms with van der Waals surface area (Å²) in [6, 6.07) is -1.16. The van der Waals surface area contributed by atoms with Crippen LogP contribution in [-0.4, -0.2) is 42.3 Å². The number of hydrogen-bond donors (Lipinski definition) is 1. The molecule has 1 N–H and O–H groups in total. The van der Waals surface area contributed by atoms with Crippen molar-refractivity contribution in [2.75, 3.05) is 12.7 Å². The molecule has 0 saturated carbocycles. The standard InChI is InChI=1S/C16H28ClNO6/c1-10(2)11(18-14(21)24-15(3,4)5)12(19)22-8-16(6,7)13(20)23-9-17/h10-11H,8-9H2,1-7H3,(H,18,21)/t11-/m0/s1. The number of halogens is 1. The van der Waals surface area contributed by atoms with Gasteiger partial charge in [0.15, 0.2) is 6.07 Å². The van der Waals surface area contributed by atoms with Gasteiger partial charge < -0.3 is 19.5 Å². The number of esters is 2. The fourth-order valence-electron chi connectivity index (χ4n) is 1.58. The van der Waals surface area contributed by atoms with Crippen molar-refractivity contribution in [2.24, 2.45) is 11.3 Å². The molecule has 0 aromatic heterocycles. The number of carbonyl (C=O) groups is 3. The Hall–Kier alpha value is -1.50. The Morgan fingerprint density at radius 3 is 2.00 bits per heavy atom. The Morgan fingerprint density at radius 2 is 1.58 bits per heavy atom. The van der Waals surface area contributed by atoms with E-state index in [1.807, 2.05) is 0 Å². The van der Waals surface area contributed by atoms with Gasteiger partial charge in [-0.3, -0.25) is 4.79 Å². The molecule has 7 nitrogen and oxygen atoms in total. The Morgan fingerprint density at radius 1 is 1.04 bits per heavy atom. The predicted octanol–water partition coefficient (Wildman–Crippen LogP) is 2.84. The van der Waals surface area contributed by atoms with Gasteiger partial charge in [-0.05, 0) is 40.5 Å². The minimum absolute atomic E-state index is 0.194. The number of carbonyl (C=O) groups excluding carboxylic acids is 3. The Kier molecular flexibility index (Phi) is 8.54. The van der Waals surface area contributed by atoms with E-state index in [9.17, 15) is 14.4 Å². The molecule has 1 amide bonds. The molecule has 1 atom stereocenters. The molecule has 0 fully saturated rings. The first-order chi connectivity index (χ1) is 10.8. The molecule has 0 bridgehead atoms. The van der Waals surface area contributed by atoms with E-state index in [2.05, 4.69) is 5.32 Å². The van der Waals surface area contributed by atoms with Crippen LogP contribution in [0.25, 0.3) is 0 Å². The topological polar surface area (TPSA) is 90.9 Å². The number of hydrogen-bond acceptors (Lipinski definition) is 6. The van der Waals surface area contributed by atoms with E-state index < -0.39 is 35.1 Å². The van der Waals surface area contributed by atoms with Crippen molar-refractivity contribution < 1.29 is 28.6 Å². The third-order valence-electron chi connectivity index (χ3n) is 2.91. The van der Waals surface area contributed by atoms with E-state index in [0.717, 1.165) is 0 Å². The van der Waals surface area contributed by atoms with Crippen molar-refractivity contribution >= 4 is 29.6 Å². The van der Waals surface area contributed by atoms with Gasteiger partial charge in [-0.15, -0.1) is 0 Å². The highest BCUT2D eigenvalue weighted by Gasteiger charge is 2.34. The monoisotopic (exact) mass is 365 g/mol. The van der Waals surface area contributed by atoms with Crippen molar-refractivity contribution in [1.29, 1.82) is 0 Å². The molecule has 0 heterocycles. The summed E-state index contributed by atoms with van der Waals surface area (Å²) in [6.07, 6.45) is -0.709. The third kappa shape index (κ3) is 8.38. The van der Waals surface area contributed by atoms with Crippen LogP contribution < -0.4 is 5.32 Å². The summed E-state index contributed by atoms with van der Waals surface area (Å²) in [5, 5.41) is 2.49. The second kappa shape index (κ2) is 9.11. The molecule has 0 aliphatic heterocycles. The maximum absolute atomic E-state index is 12.2. The van der Waals surface area contributed by atoms with E-state index >= 15 is 0 Å². The van der Waals surface area contributed by atoms with Gasteiger partial charge in [0, 0.05) is 0 Å². The van der Waals surface area contributed by atoms with Gasteiger partial charge >= 0.3 is 18.0 Å². The summed E-state index contributed by atoms with van der Waals surface area (Å²) < 4.78 is 15.0. The van der Waals surface area contributed by atoms with Crippen LogP contribution in [0, 0.1) is 11.3 Å². The van der Waals surface area contributed by atoms with Crippen molar-refractivity contribution in [3.05, 3.63) is 0 Å². The number of amides is 1. The van der Waals surface area contributed by atoms with E-state index in [4.69, 9.17) is 25.8 Å². The predicted molar refractivity (Wildman–Crippen MR) is 89.5 cm³/mol. The molecule has 8 heteroatoms. The summed E-state index contributed by atoms with van der Waals surface area (Å²) in [5.74, 6) is -1.45. The SMILES string of the molecule is CC(C)[C@H](NC(=O)OC(C)(C)C)C(=O)OCC(C)(C)C(=O)OCCl. The van der Waals surface area contributed by atoms with Crippen LogP contribution in [0.1, 0.15) is 48.5 Å². The maximum Gasteiger partial charge on any atom is 0.408 e. The molecule has 0 aliphatic carbocycles. The second-order valence-corrected chi connectivity index (χ2v) is 7.62. The van der Waals surface area contributed by atoms with Crippen molar-refractivity contribution in [2.45, 2.75) is 60.1 Å². The van der Waals surface area contributed by atoms with Crippen molar-refractivity contribution in [3.8, 4) is 0 Å². The van der Waals surface area contributed by atoms with Crippen molar-refractivity contribution in [1.82, 2.24) is 5.32 Å². The van der Waals surface area contributed by atoms with Crippen LogP contribution in [-0.2, 0) is 23.8 Å². The number of alkyl halides is 1. The number of alkyl carbamates (subject to hydrolysis) is 1. The largest absolute Gasteiger partial charge is 0.463 e. The maximum atomic E-state index is 12.2. The van der Waals surface area contributed by atoms with Crippen LogP contribution in [0.5, 0.6) is 0 Å². The van der Waals surface area contributed by atoms with Crippen LogP contribution >= 0.6 is 11.6 Å². The van der Waals surface area contributed by atoms with Crippen molar-refractivity contribution in [3.63, 3.8) is 0 Å². The lowest BCUT2D eigenvalue weighted by molar-refractivity contribution is -0.161. The molecule has 0 spiro atoms.